The van der Waals surface area contributed by atoms with Gasteiger partial charge in [-0.3, -0.25) is 0 Å². The van der Waals surface area contributed by atoms with Crippen LogP contribution in [0.15, 0.2) is 17.0 Å². The van der Waals surface area contributed by atoms with Gasteiger partial charge in [0.05, 0.1) is 6.61 Å². The molecule has 0 saturated carbocycles. The maximum absolute atomic E-state index is 13.0. The minimum absolute atomic E-state index is 0.0554. The van der Waals surface area contributed by atoms with E-state index in [0.29, 0.717) is 23.8 Å². The van der Waals surface area contributed by atoms with Crippen molar-refractivity contribution in [1.82, 2.24) is 4.31 Å². The van der Waals surface area contributed by atoms with Crippen LogP contribution in [0.4, 0.5) is 0 Å². The SMILES string of the molecule is CCOc1cc(C)c(C)cc1S(=O)(=O)N1CCCC[C@@H]1C. The van der Waals surface area contributed by atoms with Crippen molar-refractivity contribution >= 4 is 10.0 Å². The third-order valence-electron chi connectivity index (χ3n) is 4.19. The average Bonchev–Trinajstić information content (AvgIpc) is 2.43. The first-order valence-corrected chi connectivity index (χ1v) is 9.07. The first-order valence-electron chi connectivity index (χ1n) is 7.63. The molecule has 1 atom stereocenters. The van der Waals surface area contributed by atoms with Crippen molar-refractivity contribution in [2.24, 2.45) is 0 Å². The molecule has 0 spiro atoms. The van der Waals surface area contributed by atoms with Crippen molar-refractivity contribution in [3.05, 3.63) is 23.3 Å². The highest BCUT2D eigenvalue weighted by Crippen LogP contribution is 2.33. The van der Waals surface area contributed by atoms with Crippen molar-refractivity contribution in [2.75, 3.05) is 13.2 Å². The van der Waals surface area contributed by atoms with Crippen molar-refractivity contribution < 1.29 is 13.2 Å². The van der Waals surface area contributed by atoms with E-state index in [-0.39, 0.29) is 6.04 Å². The zero-order valence-corrected chi connectivity index (χ0v) is 14.2. The van der Waals surface area contributed by atoms with Gasteiger partial charge >= 0.3 is 0 Å². The second-order valence-corrected chi connectivity index (χ2v) is 7.64. The van der Waals surface area contributed by atoms with Gasteiger partial charge in [0, 0.05) is 12.6 Å². The summed E-state index contributed by atoms with van der Waals surface area (Å²) in [7, 11) is -3.49. The molecule has 1 aromatic rings. The van der Waals surface area contributed by atoms with E-state index in [1.54, 1.807) is 10.4 Å². The van der Waals surface area contributed by atoms with E-state index in [1.165, 1.54) is 0 Å². The van der Waals surface area contributed by atoms with Crippen LogP contribution < -0.4 is 4.74 Å². The summed E-state index contributed by atoms with van der Waals surface area (Å²) in [6, 6.07) is 3.64. The first-order chi connectivity index (χ1) is 9.87. The zero-order chi connectivity index (χ0) is 15.6. The molecule has 0 aromatic heterocycles. The standard InChI is InChI=1S/C16H25NO3S/c1-5-20-15-10-12(2)13(3)11-16(15)21(18,19)17-9-7-6-8-14(17)4/h10-11,14H,5-9H2,1-4H3/t14-/m0/s1. The molecule has 118 valence electrons. The molecule has 1 aliphatic rings. The summed E-state index contributed by atoms with van der Waals surface area (Å²) in [6.45, 7) is 8.82. The summed E-state index contributed by atoms with van der Waals surface area (Å²) < 4.78 is 33.2. The first kappa shape index (κ1) is 16.3. The molecule has 4 nitrogen and oxygen atoms in total. The van der Waals surface area contributed by atoms with Crippen LogP contribution >= 0.6 is 0 Å². The summed E-state index contributed by atoms with van der Waals surface area (Å²) in [4.78, 5) is 0.307. The monoisotopic (exact) mass is 311 g/mol. The van der Waals surface area contributed by atoms with Crippen LogP contribution in [0.25, 0.3) is 0 Å². The Morgan fingerprint density at radius 1 is 1.24 bits per heavy atom. The quantitative estimate of drug-likeness (QED) is 0.857. The molecule has 1 aliphatic heterocycles. The molecule has 0 radical (unpaired) electrons. The molecule has 1 aromatic carbocycles. The van der Waals surface area contributed by atoms with Crippen LogP contribution in [0.2, 0.25) is 0 Å². The third-order valence-corrected chi connectivity index (χ3v) is 6.22. The highest BCUT2D eigenvalue weighted by Gasteiger charge is 2.33. The fourth-order valence-electron chi connectivity index (χ4n) is 2.79. The van der Waals surface area contributed by atoms with Crippen molar-refractivity contribution in [1.29, 1.82) is 0 Å². The highest BCUT2D eigenvalue weighted by molar-refractivity contribution is 7.89. The Bertz CT molecular complexity index is 610. The molecule has 21 heavy (non-hydrogen) atoms. The summed E-state index contributed by atoms with van der Waals surface area (Å²) in [5, 5.41) is 0. The molecule has 0 N–H and O–H groups in total. The molecule has 0 unspecified atom stereocenters. The lowest BCUT2D eigenvalue weighted by molar-refractivity contribution is 0.266. The summed E-state index contributed by atoms with van der Waals surface area (Å²) in [5.41, 5.74) is 2.02. The smallest absolute Gasteiger partial charge is 0.247 e. The second-order valence-electron chi connectivity index (χ2n) is 5.78. The van der Waals surface area contributed by atoms with Gasteiger partial charge in [0.2, 0.25) is 10.0 Å². The summed E-state index contributed by atoms with van der Waals surface area (Å²) in [6.07, 6.45) is 2.95. The molecule has 1 fully saturated rings. The van der Waals surface area contributed by atoms with Crippen molar-refractivity contribution in [2.45, 2.75) is 57.9 Å². The molecule has 0 bridgehead atoms. The Kier molecular flexibility index (Phi) is 4.94. The zero-order valence-electron chi connectivity index (χ0n) is 13.3. The van der Waals surface area contributed by atoms with Crippen LogP contribution in [0.1, 0.15) is 44.2 Å². The number of aryl methyl sites for hydroxylation is 2. The van der Waals surface area contributed by atoms with E-state index in [1.807, 2.05) is 33.8 Å². The Labute approximate surface area is 128 Å². The maximum Gasteiger partial charge on any atom is 0.247 e. The number of ether oxygens (including phenoxy) is 1. The molecule has 0 amide bonds. The third kappa shape index (κ3) is 3.24. The predicted molar refractivity (Wildman–Crippen MR) is 84.3 cm³/mol. The summed E-state index contributed by atoms with van der Waals surface area (Å²) in [5.74, 6) is 0.471. The van der Waals surface area contributed by atoms with E-state index >= 15 is 0 Å². The molecule has 2 rings (SSSR count). The minimum atomic E-state index is -3.49. The number of nitrogens with zero attached hydrogens (tertiary/aromatic N) is 1. The van der Waals surface area contributed by atoms with Gasteiger partial charge in [-0.2, -0.15) is 4.31 Å². The van der Waals surface area contributed by atoms with Gasteiger partial charge in [-0.25, -0.2) is 8.42 Å². The van der Waals surface area contributed by atoms with Gasteiger partial charge in [0.15, 0.2) is 0 Å². The van der Waals surface area contributed by atoms with E-state index in [2.05, 4.69) is 0 Å². The topological polar surface area (TPSA) is 46.6 Å². The van der Waals surface area contributed by atoms with Gasteiger partial charge in [0.1, 0.15) is 10.6 Å². The average molecular weight is 311 g/mol. The second kappa shape index (κ2) is 6.36. The normalized spacial score (nSPS) is 20.5. The summed E-state index contributed by atoms with van der Waals surface area (Å²) >= 11 is 0. The molecule has 0 aliphatic carbocycles. The Morgan fingerprint density at radius 3 is 2.52 bits per heavy atom. The maximum atomic E-state index is 13.0. The number of rotatable bonds is 4. The van der Waals surface area contributed by atoms with Crippen molar-refractivity contribution in [3.63, 3.8) is 0 Å². The van der Waals surface area contributed by atoms with E-state index in [4.69, 9.17) is 4.74 Å². The lowest BCUT2D eigenvalue weighted by Gasteiger charge is -2.32. The van der Waals surface area contributed by atoms with Crippen molar-refractivity contribution in [3.8, 4) is 5.75 Å². The van der Waals surface area contributed by atoms with Gasteiger partial charge in [-0.15, -0.1) is 0 Å². The van der Waals surface area contributed by atoms with Crippen LogP contribution in [-0.2, 0) is 10.0 Å². The molecule has 1 saturated heterocycles. The predicted octanol–water partition coefficient (Wildman–Crippen LogP) is 3.27. The fraction of sp³-hybridized carbons (Fsp3) is 0.625. The van der Waals surface area contributed by atoms with Crippen LogP contribution in [0.3, 0.4) is 0 Å². The lowest BCUT2D eigenvalue weighted by atomic mass is 10.1. The number of piperidine rings is 1. The number of sulfonamides is 1. The minimum Gasteiger partial charge on any atom is -0.492 e. The lowest BCUT2D eigenvalue weighted by Crippen LogP contribution is -2.42. The highest BCUT2D eigenvalue weighted by atomic mass is 32.2. The Balaban J connectivity index is 2.50. The number of hydrogen-bond acceptors (Lipinski definition) is 3. The van der Waals surface area contributed by atoms with Gasteiger partial charge in [0.25, 0.3) is 0 Å². The van der Waals surface area contributed by atoms with Crippen LogP contribution in [0, 0.1) is 13.8 Å². The number of benzene rings is 1. The van der Waals surface area contributed by atoms with Gasteiger partial charge in [-0.05, 0) is 63.8 Å². The van der Waals surface area contributed by atoms with E-state index in [0.717, 1.165) is 30.4 Å². The molecular weight excluding hydrogens is 286 g/mol. The molecular formula is C16H25NO3S. The number of hydrogen-bond donors (Lipinski definition) is 0. The van der Waals surface area contributed by atoms with Crippen LogP contribution in [-0.4, -0.2) is 31.9 Å². The molecule has 1 heterocycles. The molecule has 5 heteroatoms. The van der Waals surface area contributed by atoms with Crippen LogP contribution in [0.5, 0.6) is 5.75 Å². The Hall–Kier alpha value is -1.07. The van der Waals surface area contributed by atoms with Gasteiger partial charge in [-0.1, -0.05) is 6.42 Å². The largest absolute Gasteiger partial charge is 0.492 e. The van der Waals surface area contributed by atoms with E-state index in [9.17, 15) is 8.42 Å². The Morgan fingerprint density at radius 2 is 1.90 bits per heavy atom. The van der Waals surface area contributed by atoms with E-state index < -0.39 is 10.0 Å². The van der Waals surface area contributed by atoms with Gasteiger partial charge < -0.3 is 4.74 Å². The fourth-order valence-corrected chi connectivity index (χ4v) is 4.69.